The lowest BCUT2D eigenvalue weighted by Gasteiger charge is -2.31. The summed E-state index contributed by atoms with van der Waals surface area (Å²) in [6.07, 6.45) is 1.75. The van der Waals surface area contributed by atoms with Gasteiger partial charge in [0.2, 0.25) is 5.91 Å². The first kappa shape index (κ1) is 16.3. The standard InChI is InChI=1S/C20H17FN2O3/c1-26-20-14-3-2-8-22-18(14)19(25)16-11-23(17(24)9-15(16)20)10-12-4-6-13(21)7-5-12/h2-8,25H,9-11H2,1H3. The van der Waals surface area contributed by atoms with Crippen molar-refractivity contribution in [2.45, 2.75) is 19.5 Å². The van der Waals surface area contributed by atoms with Crippen molar-refractivity contribution in [3.05, 3.63) is 65.1 Å². The molecule has 0 saturated heterocycles. The van der Waals surface area contributed by atoms with Crippen LogP contribution < -0.4 is 4.74 Å². The SMILES string of the molecule is COc1c2c(c(O)c3ncccc13)CN(Cc1ccc(F)cc1)C(=O)C2. The second kappa shape index (κ2) is 6.29. The molecule has 2 aromatic carbocycles. The number of phenolic OH excluding ortho intramolecular Hbond substituents is 1. The minimum atomic E-state index is -0.316. The molecule has 1 amide bonds. The van der Waals surface area contributed by atoms with Gasteiger partial charge in [-0.2, -0.15) is 0 Å². The van der Waals surface area contributed by atoms with Gasteiger partial charge in [-0.15, -0.1) is 0 Å². The van der Waals surface area contributed by atoms with Crippen LogP contribution in [0.25, 0.3) is 10.9 Å². The molecule has 0 spiro atoms. The van der Waals surface area contributed by atoms with E-state index < -0.39 is 0 Å². The third kappa shape index (κ3) is 2.63. The van der Waals surface area contributed by atoms with Crippen molar-refractivity contribution in [2.75, 3.05) is 7.11 Å². The van der Waals surface area contributed by atoms with Crippen LogP contribution in [0.1, 0.15) is 16.7 Å². The summed E-state index contributed by atoms with van der Waals surface area (Å²) in [4.78, 5) is 18.5. The number of carbonyl (C=O) groups excluding carboxylic acids is 1. The van der Waals surface area contributed by atoms with Crippen LogP contribution in [0.4, 0.5) is 4.39 Å². The summed E-state index contributed by atoms with van der Waals surface area (Å²) in [5, 5.41) is 11.4. The number of pyridine rings is 1. The summed E-state index contributed by atoms with van der Waals surface area (Å²) in [5.74, 6) is 0.274. The number of hydrogen-bond donors (Lipinski definition) is 1. The molecule has 1 aliphatic heterocycles. The summed E-state index contributed by atoms with van der Waals surface area (Å²) in [6.45, 7) is 0.598. The van der Waals surface area contributed by atoms with E-state index in [1.807, 2.05) is 6.07 Å². The van der Waals surface area contributed by atoms with E-state index in [-0.39, 0.29) is 30.4 Å². The molecule has 0 unspecified atom stereocenters. The van der Waals surface area contributed by atoms with E-state index in [0.29, 0.717) is 34.3 Å². The Balaban J connectivity index is 1.76. The molecule has 1 aromatic heterocycles. The molecular formula is C20H17FN2O3. The summed E-state index contributed by atoms with van der Waals surface area (Å²) in [7, 11) is 1.55. The van der Waals surface area contributed by atoms with Gasteiger partial charge in [-0.1, -0.05) is 12.1 Å². The average molecular weight is 352 g/mol. The highest BCUT2D eigenvalue weighted by Crippen LogP contribution is 2.42. The smallest absolute Gasteiger partial charge is 0.227 e. The zero-order chi connectivity index (χ0) is 18.3. The van der Waals surface area contributed by atoms with Crippen LogP contribution in [-0.2, 0) is 24.3 Å². The minimum Gasteiger partial charge on any atom is -0.505 e. The molecule has 6 heteroatoms. The number of nitrogens with zero attached hydrogens (tertiary/aromatic N) is 2. The maximum absolute atomic E-state index is 13.1. The zero-order valence-corrected chi connectivity index (χ0v) is 14.2. The van der Waals surface area contributed by atoms with Crippen LogP contribution >= 0.6 is 0 Å². The number of rotatable bonds is 3. The number of aromatic nitrogens is 1. The Kier molecular flexibility index (Phi) is 3.95. The molecule has 0 radical (unpaired) electrons. The van der Waals surface area contributed by atoms with Crippen LogP contribution in [0.5, 0.6) is 11.5 Å². The van der Waals surface area contributed by atoms with Gasteiger partial charge in [0.05, 0.1) is 20.1 Å². The molecule has 3 aromatic rings. The maximum atomic E-state index is 13.1. The first-order valence-corrected chi connectivity index (χ1v) is 8.26. The molecule has 0 bridgehead atoms. The molecule has 0 atom stereocenters. The van der Waals surface area contributed by atoms with Gasteiger partial charge in [-0.25, -0.2) is 4.39 Å². The molecule has 26 heavy (non-hydrogen) atoms. The van der Waals surface area contributed by atoms with Gasteiger partial charge in [-0.05, 0) is 29.8 Å². The second-order valence-corrected chi connectivity index (χ2v) is 6.29. The minimum absolute atomic E-state index is 0.0669. The van der Waals surface area contributed by atoms with E-state index in [4.69, 9.17) is 4.74 Å². The molecular weight excluding hydrogens is 335 g/mol. The topological polar surface area (TPSA) is 62.7 Å². The molecule has 4 rings (SSSR count). The van der Waals surface area contributed by atoms with E-state index in [0.717, 1.165) is 5.56 Å². The molecule has 0 saturated carbocycles. The number of carbonyl (C=O) groups is 1. The van der Waals surface area contributed by atoms with Crippen molar-refractivity contribution in [3.8, 4) is 11.5 Å². The highest BCUT2D eigenvalue weighted by molar-refractivity contribution is 5.95. The second-order valence-electron chi connectivity index (χ2n) is 6.29. The number of amides is 1. The molecule has 1 N–H and O–H groups in total. The third-order valence-electron chi connectivity index (χ3n) is 4.72. The summed E-state index contributed by atoms with van der Waals surface area (Å²) in [6, 6.07) is 9.63. The van der Waals surface area contributed by atoms with Gasteiger partial charge in [0.1, 0.15) is 22.8 Å². The third-order valence-corrected chi connectivity index (χ3v) is 4.72. The van der Waals surface area contributed by atoms with Gasteiger partial charge in [0.15, 0.2) is 0 Å². The van der Waals surface area contributed by atoms with Crippen molar-refractivity contribution < 1.29 is 19.0 Å². The lowest BCUT2D eigenvalue weighted by Crippen LogP contribution is -2.36. The Labute approximate surface area is 149 Å². The Bertz CT molecular complexity index is 1000. The Morgan fingerprint density at radius 3 is 2.73 bits per heavy atom. The Morgan fingerprint density at radius 1 is 1.23 bits per heavy atom. The lowest BCUT2D eigenvalue weighted by molar-refractivity contribution is -0.132. The number of benzene rings is 2. The first-order chi connectivity index (χ1) is 12.6. The van der Waals surface area contributed by atoms with Gasteiger partial charge >= 0.3 is 0 Å². The van der Waals surface area contributed by atoms with Gasteiger partial charge in [0.25, 0.3) is 0 Å². The van der Waals surface area contributed by atoms with E-state index in [2.05, 4.69) is 4.98 Å². The highest BCUT2D eigenvalue weighted by Gasteiger charge is 2.30. The largest absolute Gasteiger partial charge is 0.505 e. The van der Waals surface area contributed by atoms with Crippen LogP contribution in [0.15, 0.2) is 42.6 Å². The van der Waals surface area contributed by atoms with Crippen molar-refractivity contribution in [1.29, 1.82) is 0 Å². The summed E-state index contributed by atoms with van der Waals surface area (Å²) >= 11 is 0. The van der Waals surface area contributed by atoms with Gasteiger partial charge < -0.3 is 14.7 Å². The molecule has 0 fully saturated rings. The van der Waals surface area contributed by atoms with Crippen LogP contribution in [0.3, 0.4) is 0 Å². The fraction of sp³-hybridized carbons (Fsp3) is 0.200. The molecule has 1 aliphatic rings. The van der Waals surface area contributed by atoms with Crippen molar-refractivity contribution >= 4 is 16.8 Å². The predicted octanol–water partition coefficient (Wildman–Crippen LogP) is 3.17. The van der Waals surface area contributed by atoms with Crippen molar-refractivity contribution in [1.82, 2.24) is 9.88 Å². The number of halogens is 1. The van der Waals surface area contributed by atoms with Crippen LogP contribution in [0, 0.1) is 5.82 Å². The fourth-order valence-electron chi connectivity index (χ4n) is 3.45. The molecule has 132 valence electrons. The number of fused-ring (bicyclic) bond motifs is 2. The van der Waals surface area contributed by atoms with Crippen LogP contribution in [0.2, 0.25) is 0 Å². The fourth-order valence-corrected chi connectivity index (χ4v) is 3.45. The Morgan fingerprint density at radius 2 is 2.00 bits per heavy atom. The normalized spacial score (nSPS) is 13.8. The lowest BCUT2D eigenvalue weighted by atomic mass is 9.93. The number of phenols is 1. The maximum Gasteiger partial charge on any atom is 0.227 e. The monoisotopic (exact) mass is 352 g/mol. The average Bonchev–Trinajstić information content (AvgIpc) is 2.65. The van der Waals surface area contributed by atoms with Gasteiger partial charge in [0, 0.05) is 29.3 Å². The predicted molar refractivity (Wildman–Crippen MR) is 94.3 cm³/mol. The van der Waals surface area contributed by atoms with E-state index in [1.54, 1.807) is 36.4 Å². The molecule has 0 aliphatic carbocycles. The summed E-state index contributed by atoms with van der Waals surface area (Å²) in [5.41, 5.74) is 2.63. The van der Waals surface area contributed by atoms with E-state index >= 15 is 0 Å². The zero-order valence-electron chi connectivity index (χ0n) is 14.2. The summed E-state index contributed by atoms with van der Waals surface area (Å²) < 4.78 is 18.6. The van der Waals surface area contributed by atoms with E-state index in [1.165, 1.54) is 12.1 Å². The number of aromatic hydroxyl groups is 1. The van der Waals surface area contributed by atoms with Gasteiger partial charge in [-0.3, -0.25) is 9.78 Å². The molecule has 2 heterocycles. The highest BCUT2D eigenvalue weighted by atomic mass is 19.1. The van der Waals surface area contributed by atoms with E-state index in [9.17, 15) is 14.3 Å². The van der Waals surface area contributed by atoms with Crippen molar-refractivity contribution in [2.24, 2.45) is 0 Å². The Hall–Kier alpha value is -3.15. The quantitative estimate of drug-likeness (QED) is 0.786. The number of hydrogen-bond acceptors (Lipinski definition) is 4. The van der Waals surface area contributed by atoms with Crippen molar-refractivity contribution in [3.63, 3.8) is 0 Å². The molecule has 5 nitrogen and oxygen atoms in total. The number of ether oxygens (including phenoxy) is 1. The van der Waals surface area contributed by atoms with Crippen LogP contribution in [-0.4, -0.2) is 28.0 Å². The number of methoxy groups -OCH3 is 1. The first-order valence-electron chi connectivity index (χ1n) is 8.26.